The van der Waals surface area contributed by atoms with E-state index in [4.69, 9.17) is 5.73 Å². The first-order valence-electron chi connectivity index (χ1n) is 7.69. The van der Waals surface area contributed by atoms with Crippen LogP contribution in [0.3, 0.4) is 0 Å². The smallest absolute Gasteiger partial charge is 0.266 e. The number of amides is 1. The Morgan fingerprint density at radius 3 is 2.60 bits per heavy atom. The van der Waals surface area contributed by atoms with Crippen molar-refractivity contribution in [3.8, 4) is 0 Å². The average molecular weight is 428 g/mol. The fourth-order valence-corrected chi connectivity index (χ4v) is 3.18. The number of aromatic nitrogens is 2. The molecule has 1 unspecified atom stereocenters. The van der Waals surface area contributed by atoms with Gasteiger partial charge in [-0.2, -0.15) is 5.10 Å². The van der Waals surface area contributed by atoms with Crippen LogP contribution in [-0.4, -0.2) is 27.1 Å². The summed E-state index contributed by atoms with van der Waals surface area (Å²) in [6, 6.07) is 8.98. The molecule has 134 valence electrons. The molecule has 2 aromatic rings. The maximum atomic E-state index is 13.0. The Bertz CT molecular complexity index is 849. The van der Waals surface area contributed by atoms with Gasteiger partial charge >= 0.3 is 0 Å². The highest BCUT2D eigenvalue weighted by Gasteiger charge is 2.36. The molecule has 1 aromatic heterocycles. The van der Waals surface area contributed by atoms with E-state index in [1.165, 1.54) is 4.68 Å². The summed E-state index contributed by atoms with van der Waals surface area (Å²) >= 11 is 3.38. The standard InChI is InChI=1S/C17H19BrN4O2.ClH/c1-17(19,12-3-5-13(18)6-4-12)16(24)22-8-7-14-11(10-22)9-15(23)21(2)20-14;/h3-6,9H,7-8,10,19H2,1-2H3;1H. The van der Waals surface area contributed by atoms with Gasteiger partial charge in [-0.05, 0) is 24.6 Å². The Morgan fingerprint density at radius 1 is 1.32 bits per heavy atom. The Labute approximate surface area is 160 Å². The number of hydrogen-bond donors (Lipinski definition) is 1. The molecule has 0 fully saturated rings. The second-order valence-electron chi connectivity index (χ2n) is 6.26. The van der Waals surface area contributed by atoms with Gasteiger partial charge in [0.25, 0.3) is 5.56 Å². The third kappa shape index (κ3) is 3.78. The van der Waals surface area contributed by atoms with Crippen LogP contribution in [0.4, 0.5) is 0 Å². The topological polar surface area (TPSA) is 81.2 Å². The molecule has 0 aliphatic carbocycles. The summed E-state index contributed by atoms with van der Waals surface area (Å²) in [4.78, 5) is 26.4. The van der Waals surface area contributed by atoms with Crippen LogP contribution in [-0.2, 0) is 30.3 Å². The van der Waals surface area contributed by atoms with E-state index < -0.39 is 5.54 Å². The second-order valence-corrected chi connectivity index (χ2v) is 7.18. The van der Waals surface area contributed by atoms with Crippen LogP contribution in [0.2, 0.25) is 0 Å². The third-order valence-corrected chi connectivity index (χ3v) is 4.94. The molecule has 0 saturated heterocycles. The molecule has 0 radical (unpaired) electrons. The molecule has 0 spiro atoms. The summed E-state index contributed by atoms with van der Waals surface area (Å²) in [5.74, 6) is -0.156. The molecule has 1 aliphatic heterocycles. The first-order valence-corrected chi connectivity index (χ1v) is 8.49. The first kappa shape index (κ1) is 19.6. The van der Waals surface area contributed by atoms with Crippen molar-refractivity contribution >= 4 is 34.2 Å². The lowest BCUT2D eigenvalue weighted by Crippen LogP contribution is -2.52. The van der Waals surface area contributed by atoms with Gasteiger partial charge in [-0.3, -0.25) is 9.59 Å². The van der Waals surface area contributed by atoms with Gasteiger partial charge in [-0.1, -0.05) is 28.1 Å². The lowest BCUT2D eigenvalue weighted by atomic mass is 9.90. The molecule has 3 rings (SSSR count). The minimum Gasteiger partial charge on any atom is -0.336 e. The van der Waals surface area contributed by atoms with Crippen molar-refractivity contribution in [2.24, 2.45) is 12.8 Å². The molecule has 6 nitrogen and oxygen atoms in total. The number of carbonyl (C=O) groups is 1. The number of rotatable bonds is 2. The van der Waals surface area contributed by atoms with Crippen LogP contribution in [0.15, 0.2) is 39.6 Å². The first-order chi connectivity index (χ1) is 11.3. The zero-order chi connectivity index (χ0) is 17.5. The van der Waals surface area contributed by atoms with Crippen molar-refractivity contribution < 1.29 is 4.79 Å². The fourth-order valence-electron chi connectivity index (χ4n) is 2.91. The Kier molecular flexibility index (Phi) is 5.71. The minimum atomic E-state index is -1.12. The molecule has 1 amide bonds. The number of benzene rings is 1. The second kappa shape index (κ2) is 7.27. The number of nitrogens with zero attached hydrogens (tertiary/aromatic N) is 3. The van der Waals surface area contributed by atoms with Crippen LogP contribution >= 0.6 is 28.3 Å². The molecule has 0 bridgehead atoms. The van der Waals surface area contributed by atoms with Gasteiger partial charge in [-0.25, -0.2) is 4.68 Å². The lowest BCUT2D eigenvalue weighted by molar-refractivity contribution is -0.137. The zero-order valence-corrected chi connectivity index (χ0v) is 16.4. The normalized spacial score (nSPS) is 15.8. The van der Waals surface area contributed by atoms with E-state index in [2.05, 4.69) is 21.0 Å². The van der Waals surface area contributed by atoms with Crippen molar-refractivity contribution in [1.29, 1.82) is 0 Å². The highest BCUT2D eigenvalue weighted by Crippen LogP contribution is 2.25. The summed E-state index contributed by atoms with van der Waals surface area (Å²) in [5.41, 5.74) is 7.47. The van der Waals surface area contributed by atoms with Crippen LogP contribution in [0.25, 0.3) is 0 Å². The van der Waals surface area contributed by atoms with E-state index in [1.807, 2.05) is 24.3 Å². The van der Waals surface area contributed by atoms with E-state index in [9.17, 15) is 9.59 Å². The van der Waals surface area contributed by atoms with E-state index in [-0.39, 0.29) is 23.9 Å². The van der Waals surface area contributed by atoms with Crippen LogP contribution in [0.5, 0.6) is 0 Å². The summed E-state index contributed by atoms with van der Waals surface area (Å²) in [5, 5.41) is 4.27. The molecule has 0 saturated carbocycles. The fraction of sp³-hybridized carbons (Fsp3) is 0.353. The molecular formula is C17H20BrClN4O2. The van der Waals surface area contributed by atoms with Crippen molar-refractivity contribution in [2.45, 2.75) is 25.4 Å². The average Bonchev–Trinajstić information content (AvgIpc) is 2.55. The van der Waals surface area contributed by atoms with E-state index in [0.29, 0.717) is 19.5 Å². The number of fused-ring (bicyclic) bond motifs is 1. The molecule has 8 heteroatoms. The van der Waals surface area contributed by atoms with E-state index in [1.54, 1.807) is 24.9 Å². The minimum absolute atomic E-state index is 0. The number of nitrogens with two attached hydrogens (primary N) is 1. The van der Waals surface area contributed by atoms with E-state index >= 15 is 0 Å². The highest BCUT2D eigenvalue weighted by atomic mass is 79.9. The molecular weight excluding hydrogens is 408 g/mol. The predicted octanol–water partition coefficient (Wildman–Crippen LogP) is 1.72. The molecule has 25 heavy (non-hydrogen) atoms. The number of carbonyl (C=O) groups excluding carboxylic acids is 1. The van der Waals surface area contributed by atoms with Gasteiger partial charge in [0, 0.05) is 42.7 Å². The maximum absolute atomic E-state index is 13.0. The van der Waals surface area contributed by atoms with Gasteiger partial charge in [0.05, 0.1) is 5.69 Å². The lowest BCUT2D eigenvalue weighted by Gasteiger charge is -2.35. The summed E-state index contributed by atoms with van der Waals surface area (Å²) in [6.07, 6.45) is 0.617. The predicted molar refractivity (Wildman–Crippen MR) is 102 cm³/mol. The summed E-state index contributed by atoms with van der Waals surface area (Å²) in [7, 11) is 1.63. The zero-order valence-electron chi connectivity index (χ0n) is 14.0. The molecule has 2 heterocycles. The number of hydrogen-bond acceptors (Lipinski definition) is 4. The van der Waals surface area contributed by atoms with Crippen molar-refractivity contribution in [3.05, 3.63) is 62.0 Å². The van der Waals surface area contributed by atoms with Crippen LogP contribution in [0.1, 0.15) is 23.7 Å². The monoisotopic (exact) mass is 426 g/mol. The van der Waals surface area contributed by atoms with Gasteiger partial charge in [0.2, 0.25) is 5.91 Å². The van der Waals surface area contributed by atoms with E-state index in [0.717, 1.165) is 21.3 Å². The molecule has 2 N–H and O–H groups in total. The van der Waals surface area contributed by atoms with Crippen molar-refractivity contribution in [2.75, 3.05) is 6.54 Å². The van der Waals surface area contributed by atoms with Gasteiger partial charge in [0.1, 0.15) is 5.54 Å². The molecule has 1 atom stereocenters. The molecule has 1 aromatic carbocycles. The van der Waals surface area contributed by atoms with Crippen molar-refractivity contribution in [3.63, 3.8) is 0 Å². The third-order valence-electron chi connectivity index (χ3n) is 4.41. The molecule has 1 aliphatic rings. The highest BCUT2D eigenvalue weighted by molar-refractivity contribution is 9.10. The Hall–Kier alpha value is -1.70. The number of aryl methyl sites for hydroxylation is 1. The van der Waals surface area contributed by atoms with Crippen molar-refractivity contribution in [1.82, 2.24) is 14.7 Å². The summed E-state index contributed by atoms with van der Waals surface area (Å²) < 4.78 is 2.26. The quantitative estimate of drug-likeness (QED) is 0.791. The SMILES string of the molecule is Cl.Cn1nc2c(cc1=O)CN(C(=O)C(C)(N)c1ccc(Br)cc1)CC2. The van der Waals surface area contributed by atoms with Crippen LogP contribution < -0.4 is 11.3 Å². The summed E-state index contributed by atoms with van der Waals surface area (Å²) in [6.45, 7) is 2.62. The van der Waals surface area contributed by atoms with Gasteiger partial charge in [0.15, 0.2) is 0 Å². The van der Waals surface area contributed by atoms with Crippen LogP contribution in [0, 0.1) is 0 Å². The Balaban J connectivity index is 0.00000225. The van der Waals surface area contributed by atoms with Gasteiger partial charge in [-0.15, -0.1) is 12.4 Å². The Morgan fingerprint density at radius 2 is 1.96 bits per heavy atom. The number of halogens is 2. The van der Waals surface area contributed by atoms with Gasteiger partial charge < -0.3 is 10.6 Å². The largest absolute Gasteiger partial charge is 0.336 e. The maximum Gasteiger partial charge on any atom is 0.266 e.